The standard InChI is InChI=1S/C24H23ClFN5O5S/c1-3-36-17(32)11-29-23(34)20(13-5-7-14(26)8-6-13)31(15-9-4-12(2)16(25)10-15)24(35)21-18(27)19(22(28)33)30-37-21/h4-10,20H,3,11,27H2,1-2H3,(H2,28,33)(H,29,34). The maximum Gasteiger partial charge on any atom is 0.325 e. The van der Waals surface area contributed by atoms with Crippen LogP contribution >= 0.6 is 23.1 Å². The van der Waals surface area contributed by atoms with Crippen LogP contribution in [0.5, 0.6) is 0 Å². The van der Waals surface area contributed by atoms with Crippen molar-refractivity contribution in [1.82, 2.24) is 9.69 Å². The summed E-state index contributed by atoms with van der Waals surface area (Å²) in [5.41, 5.74) is 11.9. The highest BCUT2D eigenvalue weighted by atomic mass is 35.5. The molecule has 0 fully saturated rings. The number of rotatable bonds is 9. The number of halogens is 2. The molecule has 0 spiro atoms. The van der Waals surface area contributed by atoms with Crippen molar-refractivity contribution in [2.45, 2.75) is 19.9 Å². The molecular weight excluding hydrogens is 525 g/mol. The predicted molar refractivity (Wildman–Crippen MR) is 137 cm³/mol. The lowest BCUT2D eigenvalue weighted by atomic mass is 10.0. The van der Waals surface area contributed by atoms with Crippen LogP contribution in [-0.4, -0.2) is 41.2 Å². The summed E-state index contributed by atoms with van der Waals surface area (Å²) in [5, 5.41) is 2.75. The number of carbonyl (C=O) groups excluding carboxylic acids is 4. The van der Waals surface area contributed by atoms with Gasteiger partial charge in [0.05, 0.1) is 12.3 Å². The van der Waals surface area contributed by atoms with Crippen molar-refractivity contribution in [3.63, 3.8) is 0 Å². The third kappa shape index (κ3) is 6.22. The molecular formula is C24H23ClFN5O5S. The van der Waals surface area contributed by atoms with Crippen LogP contribution in [0, 0.1) is 12.7 Å². The van der Waals surface area contributed by atoms with E-state index in [0.717, 1.165) is 17.0 Å². The van der Waals surface area contributed by atoms with E-state index in [1.165, 1.54) is 18.2 Å². The zero-order chi connectivity index (χ0) is 27.3. The van der Waals surface area contributed by atoms with Gasteiger partial charge in [-0.1, -0.05) is 29.8 Å². The van der Waals surface area contributed by atoms with Gasteiger partial charge >= 0.3 is 5.97 Å². The van der Waals surface area contributed by atoms with Gasteiger partial charge in [0.1, 0.15) is 23.3 Å². The number of nitrogens with one attached hydrogen (secondary N) is 1. The van der Waals surface area contributed by atoms with Crippen molar-refractivity contribution in [3.8, 4) is 0 Å². The number of hydrogen-bond donors (Lipinski definition) is 3. The van der Waals surface area contributed by atoms with Gasteiger partial charge in [-0.25, -0.2) is 4.39 Å². The van der Waals surface area contributed by atoms with Gasteiger partial charge in [0.2, 0.25) is 5.91 Å². The molecule has 10 nitrogen and oxygen atoms in total. The second kappa shape index (κ2) is 11.8. The molecule has 0 aliphatic carbocycles. The Morgan fingerprint density at radius 1 is 1.19 bits per heavy atom. The number of nitrogen functional groups attached to an aromatic ring is 1. The Balaban J connectivity index is 2.18. The molecule has 37 heavy (non-hydrogen) atoms. The number of hydrogen-bond acceptors (Lipinski definition) is 8. The van der Waals surface area contributed by atoms with E-state index in [0.29, 0.717) is 22.1 Å². The molecule has 1 aromatic heterocycles. The van der Waals surface area contributed by atoms with Crippen LogP contribution in [0.1, 0.15) is 44.3 Å². The van der Waals surface area contributed by atoms with Crippen molar-refractivity contribution in [2.24, 2.45) is 5.73 Å². The third-order valence-electron chi connectivity index (χ3n) is 5.21. The quantitative estimate of drug-likeness (QED) is 0.347. The summed E-state index contributed by atoms with van der Waals surface area (Å²) < 4.78 is 22.5. The Labute approximate surface area is 220 Å². The van der Waals surface area contributed by atoms with E-state index in [2.05, 4.69) is 9.69 Å². The number of aromatic nitrogens is 1. The first-order valence-electron chi connectivity index (χ1n) is 10.9. The van der Waals surface area contributed by atoms with E-state index in [1.54, 1.807) is 26.0 Å². The molecule has 1 unspecified atom stereocenters. The lowest BCUT2D eigenvalue weighted by molar-refractivity contribution is -0.143. The number of benzene rings is 2. The molecule has 2 aromatic carbocycles. The van der Waals surface area contributed by atoms with Crippen molar-refractivity contribution in [2.75, 3.05) is 23.8 Å². The maximum atomic E-state index is 13.9. The fourth-order valence-corrected chi connectivity index (χ4v) is 4.30. The van der Waals surface area contributed by atoms with E-state index >= 15 is 0 Å². The molecule has 13 heteroatoms. The SMILES string of the molecule is CCOC(=O)CNC(=O)C(c1ccc(F)cc1)N(C(=O)c1snc(C(N)=O)c1N)c1ccc(C)c(Cl)c1. The average molecular weight is 548 g/mol. The van der Waals surface area contributed by atoms with Crippen molar-refractivity contribution in [3.05, 3.63) is 75.0 Å². The van der Waals surface area contributed by atoms with E-state index in [-0.39, 0.29) is 34.1 Å². The summed E-state index contributed by atoms with van der Waals surface area (Å²) >= 11 is 6.96. The van der Waals surface area contributed by atoms with Crippen molar-refractivity contribution < 1.29 is 28.3 Å². The minimum Gasteiger partial charge on any atom is -0.465 e. The average Bonchev–Trinajstić information content (AvgIpc) is 3.25. The second-order valence-electron chi connectivity index (χ2n) is 7.72. The lowest BCUT2D eigenvalue weighted by Gasteiger charge is -2.31. The molecule has 194 valence electrons. The van der Waals surface area contributed by atoms with Crippen LogP contribution in [0.3, 0.4) is 0 Å². The number of anilines is 2. The topological polar surface area (TPSA) is 158 Å². The summed E-state index contributed by atoms with van der Waals surface area (Å²) in [5.74, 6) is -3.77. The van der Waals surface area contributed by atoms with E-state index in [9.17, 15) is 23.6 Å². The van der Waals surface area contributed by atoms with E-state index < -0.39 is 42.1 Å². The number of carbonyl (C=O) groups is 4. The van der Waals surface area contributed by atoms with Crippen molar-refractivity contribution in [1.29, 1.82) is 0 Å². The molecule has 3 rings (SSSR count). The van der Waals surface area contributed by atoms with Gasteiger partial charge in [-0.2, -0.15) is 4.37 Å². The number of amides is 3. The number of ether oxygens (including phenoxy) is 1. The fraction of sp³-hybridized carbons (Fsp3) is 0.208. The fourth-order valence-electron chi connectivity index (χ4n) is 3.38. The van der Waals surface area contributed by atoms with Gasteiger partial charge in [-0.05, 0) is 60.8 Å². The molecule has 0 saturated carbocycles. The Kier molecular flexibility index (Phi) is 8.79. The number of primary amides is 1. The number of nitrogens with two attached hydrogens (primary N) is 2. The zero-order valence-corrected chi connectivity index (χ0v) is 21.4. The molecule has 0 bridgehead atoms. The molecule has 0 aliphatic heterocycles. The normalized spacial score (nSPS) is 11.5. The molecule has 0 aliphatic rings. The summed E-state index contributed by atoms with van der Waals surface area (Å²) in [6.45, 7) is 3.00. The Morgan fingerprint density at radius 3 is 2.43 bits per heavy atom. The summed E-state index contributed by atoms with van der Waals surface area (Å²) in [4.78, 5) is 51.9. The molecule has 1 heterocycles. The third-order valence-corrected chi connectivity index (χ3v) is 6.47. The minimum absolute atomic E-state index is 0.107. The van der Waals surface area contributed by atoms with Gasteiger partial charge in [0.15, 0.2) is 5.69 Å². The van der Waals surface area contributed by atoms with Crippen LogP contribution in [0.2, 0.25) is 5.02 Å². The van der Waals surface area contributed by atoms with E-state index in [4.69, 9.17) is 27.8 Å². The van der Waals surface area contributed by atoms with Crippen LogP contribution in [0.4, 0.5) is 15.8 Å². The first-order valence-corrected chi connectivity index (χ1v) is 12.0. The zero-order valence-electron chi connectivity index (χ0n) is 19.8. The van der Waals surface area contributed by atoms with Gasteiger partial charge in [0.25, 0.3) is 11.8 Å². The number of esters is 1. The summed E-state index contributed by atoms with van der Waals surface area (Å²) in [7, 11) is 0. The second-order valence-corrected chi connectivity index (χ2v) is 8.90. The molecule has 3 amide bonds. The molecule has 0 radical (unpaired) electrons. The largest absolute Gasteiger partial charge is 0.465 e. The highest BCUT2D eigenvalue weighted by Crippen LogP contribution is 2.35. The Morgan fingerprint density at radius 2 is 1.86 bits per heavy atom. The van der Waals surface area contributed by atoms with E-state index in [1.807, 2.05) is 0 Å². The molecule has 3 aromatic rings. The maximum absolute atomic E-state index is 13.9. The number of nitrogens with zero attached hydrogens (tertiary/aromatic N) is 2. The molecule has 0 saturated heterocycles. The lowest BCUT2D eigenvalue weighted by Crippen LogP contribution is -2.45. The Hall–Kier alpha value is -4.03. The smallest absolute Gasteiger partial charge is 0.325 e. The van der Waals surface area contributed by atoms with Gasteiger partial charge in [-0.15, -0.1) is 0 Å². The van der Waals surface area contributed by atoms with Crippen LogP contribution in [0.25, 0.3) is 0 Å². The summed E-state index contributed by atoms with van der Waals surface area (Å²) in [6.07, 6.45) is 0. The Bertz CT molecular complexity index is 1350. The molecule has 1 atom stereocenters. The molecule has 5 N–H and O–H groups in total. The van der Waals surface area contributed by atoms with Crippen LogP contribution in [0.15, 0.2) is 42.5 Å². The highest BCUT2D eigenvalue weighted by molar-refractivity contribution is 7.09. The highest BCUT2D eigenvalue weighted by Gasteiger charge is 2.36. The van der Waals surface area contributed by atoms with Gasteiger partial charge in [-0.3, -0.25) is 24.1 Å². The van der Waals surface area contributed by atoms with Crippen molar-refractivity contribution >= 4 is 58.2 Å². The van der Waals surface area contributed by atoms with Gasteiger partial charge in [0, 0.05) is 10.7 Å². The summed E-state index contributed by atoms with van der Waals surface area (Å²) in [6, 6.07) is 8.14. The van der Waals surface area contributed by atoms with Gasteiger partial charge < -0.3 is 21.5 Å². The van der Waals surface area contributed by atoms with Crippen LogP contribution in [-0.2, 0) is 14.3 Å². The monoisotopic (exact) mass is 547 g/mol. The predicted octanol–water partition coefficient (Wildman–Crippen LogP) is 2.99. The first-order chi connectivity index (χ1) is 17.5. The number of aryl methyl sites for hydroxylation is 1. The minimum atomic E-state index is -1.42. The van der Waals surface area contributed by atoms with Crippen LogP contribution < -0.4 is 21.7 Å². The first kappa shape index (κ1) is 27.6.